The maximum Gasteiger partial charge on any atom is 0.143 e. The molecule has 0 spiro atoms. The molecule has 0 fully saturated rings. The van der Waals surface area contributed by atoms with Crippen LogP contribution in [0.3, 0.4) is 0 Å². The van der Waals surface area contributed by atoms with Gasteiger partial charge in [-0.1, -0.05) is 6.07 Å². The van der Waals surface area contributed by atoms with Crippen LogP contribution in [0.1, 0.15) is 11.3 Å². The summed E-state index contributed by atoms with van der Waals surface area (Å²) in [7, 11) is 1.61. The van der Waals surface area contributed by atoms with Crippen LogP contribution in [0.2, 0.25) is 0 Å². The molecule has 0 aliphatic heterocycles. The number of methoxy groups -OCH3 is 1. The first-order valence-corrected chi connectivity index (χ1v) is 5.37. The lowest BCUT2D eigenvalue weighted by Crippen LogP contribution is -2.04. The van der Waals surface area contributed by atoms with E-state index >= 15 is 0 Å². The highest BCUT2D eigenvalue weighted by Gasteiger charge is 2.05. The molecule has 0 bridgehead atoms. The summed E-state index contributed by atoms with van der Waals surface area (Å²) in [5.74, 6) is 0.680. The van der Waals surface area contributed by atoms with Crippen LogP contribution in [0.15, 0.2) is 24.4 Å². The molecule has 0 atom stereocenters. The number of aromatic nitrogens is 2. The summed E-state index contributed by atoms with van der Waals surface area (Å²) in [5, 5.41) is 10.1. The lowest BCUT2D eigenvalue weighted by atomic mass is 10.2. The zero-order chi connectivity index (χ0) is 12.3. The normalized spacial score (nSPS) is 10.2. The van der Waals surface area contributed by atoms with Gasteiger partial charge in [-0.15, -0.1) is 0 Å². The molecule has 17 heavy (non-hydrogen) atoms. The van der Waals surface area contributed by atoms with Gasteiger partial charge in [-0.25, -0.2) is 0 Å². The number of hydrogen-bond acceptors (Lipinski definition) is 4. The number of nitrogen functional groups attached to an aromatic ring is 1. The quantitative estimate of drug-likeness (QED) is 0.704. The second kappa shape index (κ2) is 4.78. The van der Waals surface area contributed by atoms with E-state index in [1.807, 2.05) is 25.1 Å². The number of hydrogen-bond donors (Lipinski definition) is 3. The van der Waals surface area contributed by atoms with E-state index < -0.39 is 0 Å². The van der Waals surface area contributed by atoms with Gasteiger partial charge in [-0.2, -0.15) is 5.10 Å². The summed E-state index contributed by atoms with van der Waals surface area (Å²) in [6, 6.07) is 5.66. The van der Waals surface area contributed by atoms with E-state index in [9.17, 15) is 0 Å². The van der Waals surface area contributed by atoms with Gasteiger partial charge in [0.15, 0.2) is 0 Å². The molecule has 0 saturated heterocycles. The van der Waals surface area contributed by atoms with Crippen LogP contribution in [0.4, 0.5) is 11.4 Å². The Labute approximate surface area is 100.0 Å². The number of aromatic amines is 1. The topological polar surface area (TPSA) is 76.0 Å². The van der Waals surface area contributed by atoms with Crippen LogP contribution in [-0.2, 0) is 6.54 Å². The molecule has 0 aliphatic rings. The van der Waals surface area contributed by atoms with Crippen molar-refractivity contribution in [1.82, 2.24) is 10.2 Å². The fourth-order valence-corrected chi connectivity index (χ4v) is 1.62. The molecule has 0 unspecified atom stereocenters. The van der Waals surface area contributed by atoms with Crippen molar-refractivity contribution in [3.05, 3.63) is 35.7 Å². The average molecular weight is 232 g/mol. The molecular weight excluding hydrogens is 216 g/mol. The van der Waals surface area contributed by atoms with Gasteiger partial charge in [0.1, 0.15) is 5.75 Å². The number of H-pyrrole nitrogens is 1. The molecular formula is C12H16N4O. The van der Waals surface area contributed by atoms with Crippen molar-refractivity contribution < 1.29 is 4.74 Å². The molecule has 0 radical (unpaired) electrons. The Morgan fingerprint density at radius 1 is 1.47 bits per heavy atom. The maximum atomic E-state index is 5.96. The number of para-hydroxylation sites is 1. The Hall–Kier alpha value is -2.17. The smallest absolute Gasteiger partial charge is 0.143 e. The average Bonchev–Trinajstić information content (AvgIpc) is 2.74. The fraction of sp³-hybridized carbons (Fsp3) is 0.250. The maximum absolute atomic E-state index is 5.96. The number of rotatable bonds is 4. The molecule has 1 heterocycles. The van der Waals surface area contributed by atoms with Gasteiger partial charge < -0.3 is 15.8 Å². The lowest BCUT2D eigenvalue weighted by molar-refractivity contribution is 0.417. The minimum Gasteiger partial charge on any atom is -0.495 e. The summed E-state index contributed by atoms with van der Waals surface area (Å²) in [4.78, 5) is 0. The highest BCUT2D eigenvalue weighted by Crippen LogP contribution is 2.29. The Kier molecular flexibility index (Phi) is 3.18. The number of anilines is 2. The first kappa shape index (κ1) is 11.3. The predicted octanol–water partition coefficient (Wildman–Crippen LogP) is 1.92. The van der Waals surface area contributed by atoms with Gasteiger partial charge in [0.25, 0.3) is 0 Å². The Morgan fingerprint density at radius 2 is 2.29 bits per heavy atom. The highest BCUT2D eigenvalue weighted by molar-refractivity contribution is 5.72. The summed E-state index contributed by atoms with van der Waals surface area (Å²) in [6.07, 6.45) is 1.80. The SMILES string of the molecule is COc1cccc(NCc2cn[nH]c2C)c1N. The molecule has 2 aromatic rings. The molecule has 0 aliphatic carbocycles. The Bertz CT molecular complexity index is 507. The van der Waals surface area contributed by atoms with Gasteiger partial charge in [-0.05, 0) is 19.1 Å². The summed E-state index contributed by atoms with van der Waals surface area (Å²) in [5.41, 5.74) is 9.62. The second-order valence-electron chi connectivity index (χ2n) is 3.80. The number of nitrogens with one attached hydrogen (secondary N) is 2. The largest absolute Gasteiger partial charge is 0.495 e. The number of ether oxygens (including phenoxy) is 1. The molecule has 90 valence electrons. The van der Waals surface area contributed by atoms with Crippen molar-refractivity contribution in [2.45, 2.75) is 13.5 Å². The highest BCUT2D eigenvalue weighted by atomic mass is 16.5. The van der Waals surface area contributed by atoms with Crippen molar-refractivity contribution in [2.75, 3.05) is 18.2 Å². The van der Waals surface area contributed by atoms with Crippen LogP contribution >= 0.6 is 0 Å². The van der Waals surface area contributed by atoms with Crippen LogP contribution in [0, 0.1) is 6.92 Å². The van der Waals surface area contributed by atoms with E-state index in [1.165, 1.54) is 0 Å². The zero-order valence-corrected chi connectivity index (χ0v) is 9.95. The third-order valence-corrected chi connectivity index (χ3v) is 2.69. The first-order chi connectivity index (χ1) is 8.22. The number of nitrogens with zero attached hydrogens (tertiary/aromatic N) is 1. The minimum absolute atomic E-state index is 0.621. The Morgan fingerprint density at radius 3 is 2.94 bits per heavy atom. The third kappa shape index (κ3) is 2.33. The third-order valence-electron chi connectivity index (χ3n) is 2.69. The van der Waals surface area contributed by atoms with Crippen LogP contribution in [-0.4, -0.2) is 17.3 Å². The molecule has 5 nitrogen and oxygen atoms in total. The zero-order valence-electron chi connectivity index (χ0n) is 9.95. The van der Waals surface area contributed by atoms with Gasteiger partial charge >= 0.3 is 0 Å². The summed E-state index contributed by atoms with van der Waals surface area (Å²) >= 11 is 0. The van der Waals surface area contributed by atoms with Crippen molar-refractivity contribution in [3.63, 3.8) is 0 Å². The van der Waals surface area contributed by atoms with Crippen molar-refractivity contribution in [2.24, 2.45) is 0 Å². The summed E-state index contributed by atoms with van der Waals surface area (Å²) in [6.45, 7) is 2.67. The first-order valence-electron chi connectivity index (χ1n) is 5.37. The lowest BCUT2D eigenvalue weighted by Gasteiger charge is -2.11. The predicted molar refractivity (Wildman–Crippen MR) is 68.1 cm³/mol. The molecule has 5 heteroatoms. The van der Waals surface area contributed by atoms with Crippen LogP contribution < -0.4 is 15.8 Å². The minimum atomic E-state index is 0.621. The van der Waals surface area contributed by atoms with Gasteiger partial charge in [-0.3, -0.25) is 5.10 Å². The van der Waals surface area contributed by atoms with Crippen molar-refractivity contribution in [1.29, 1.82) is 0 Å². The van der Waals surface area contributed by atoms with E-state index in [2.05, 4.69) is 15.5 Å². The second-order valence-corrected chi connectivity index (χ2v) is 3.80. The molecule has 0 amide bonds. The summed E-state index contributed by atoms with van der Waals surface area (Å²) < 4.78 is 5.16. The van der Waals surface area contributed by atoms with Gasteiger partial charge in [0.05, 0.1) is 24.7 Å². The van der Waals surface area contributed by atoms with E-state index in [1.54, 1.807) is 13.3 Å². The van der Waals surface area contributed by atoms with E-state index in [-0.39, 0.29) is 0 Å². The molecule has 2 rings (SSSR count). The molecule has 1 aromatic carbocycles. The molecule has 4 N–H and O–H groups in total. The standard InChI is InChI=1S/C12H16N4O/c1-8-9(7-15-16-8)6-14-10-4-3-5-11(17-2)12(10)13/h3-5,7,14H,6,13H2,1-2H3,(H,15,16). The van der Waals surface area contributed by atoms with Gasteiger partial charge in [0, 0.05) is 17.8 Å². The van der Waals surface area contributed by atoms with Crippen LogP contribution in [0.5, 0.6) is 5.75 Å². The fourth-order valence-electron chi connectivity index (χ4n) is 1.62. The number of aryl methyl sites for hydroxylation is 1. The monoisotopic (exact) mass is 232 g/mol. The number of benzene rings is 1. The Balaban J connectivity index is 2.12. The van der Waals surface area contributed by atoms with E-state index in [0.29, 0.717) is 18.0 Å². The molecule has 1 aromatic heterocycles. The van der Waals surface area contributed by atoms with E-state index in [4.69, 9.17) is 10.5 Å². The molecule has 0 saturated carbocycles. The number of nitrogens with two attached hydrogens (primary N) is 1. The van der Waals surface area contributed by atoms with Crippen molar-refractivity contribution >= 4 is 11.4 Å². The van der Waals surface area contributed by atoms with Crippen molar-refractivity contribution in [3.8, 4) is 5.75 Å². The van der Waals surface area contributed by atoms with Crippen LogP contribution in [0.25, 0.3) is 0 Å². The van der Waals surface area contributed by atoms with Gasteiger partial charge in [0.2, 0.25) is 0 Å². The van der Waals surface area contributed by atoms with E-state index in [0.717, 1.165) is 16.9 Å².